The molecular weight excluding hydrogens is 250 g/mol. The van der Waals surface area contributed by atoms with Gasteiger partial charge in [-0.1, -0.05) is 0 Å². The summed E-state index contributed by atoms with van der Waals surface area (Å²) in [6, 6.07) is 0. The van der Waals surface area contributed by atoms with Crippen LogP contribution in [0.15, 0.2) is 10.2 Å². The first-order valence-electron chi connectivity index (χ1n) is 6.69. The predicted octanol–water partition coefficient (Wildman–Crippen LogP) is 4.08. The van der Waals surface area contributed by atoms with E-state index in [-0.39, 0.29) is 0 Å². The molecule has 1 aromatic heterocycles. The van der Waals surface area contributed by atoms with Crippen molar-refractivity contribution in [2.75, 3.05) is 0 Å². The smallest absolute Gasteiger partial charge is 0.251 e. The van der Waals surface area contributed by atoms with E-state index < -0.39 is 0 Å². The van der Waals surface area contributed by atoms with Crippen molar-refractivity contribution in [3.63, 3.8) is 0 Å². The van der Waals surface area contributed by atoms with E-state index in [0.717, 1.165) is 11.5 Å². The van der Waals surface area contributed by atoms with Gasteiger partial charge in [-0.05, 0) is 69.4 Å². The molecule has 0 saturated heterocycles. The lowest BCUT2D eigenvalue weighted by atomic mass is 9.93. The van der Waals surface area contributed by atoms with Crippen molar-refractivity contribution in [3.8, 4) is 0 Å². The number of hydrogen-bond donors (Lipinski definition) is 0. The third-order valence-electron chi connectivity index (χ3n) is 4.17. The van der Waals surface area contributed by atoms with Crippen molar-refractivity contribution >= 4 is 11.6 Å². The van der Waals surface area contributed by atoms with Gasteiger partial charge in [0.25, 0.3) is 5.95 Å². The highest BCUT2D eigenvalue weighted by Crippen LogP contribution is 2.33. The molecule has 2 rings (SSSR count). The summed E-state index contributed by atoms with van der Waals surface area (Å²) in [6.07, 6.45) is 0. The molecule has 5 heteroatoms. The molecule has 0 fully saturated rings. The van der Waals surface area contributed by atoms with Crippen molar-refractivity contribution in [2.24, 2.45) is 17.3 Å². The number of benzene rings is 1. The first-order chi connectivity index (χ1) is 9.32. The minimum atomic E-state index is 0.402. The van der Waals surface area contributed by atoms with Gasteiger partial charge in [0, 0.05) is 7.05 Å². The first-order valence-corrected chi connectivity index (χ1v) is 6.69. The Morgan fingerprint density at radius 3 is 1.70 bits per heavy atom. The lowest BCUT2D eigenvalue weighted by Crippen LogP contribution is -1.95. The molecule has 0 saturated carbocycles. The van der Waals surface area contributed by atoms with Crippen LogP contribution in [0, 0.1) is 41.5 Å². The molecule has 1 aromatic carbocycles. The molecule has 0 unspecified atom stereocenters. The number of hydrogen-bond acceptors (Lipinski definition) is 4. The maximum atomic E-state index is 4.38. The fourth-order valence-electron chi connectivity index (χ4n) is 2.21. The van der Waals surface area contributed by atoms with Crippen molar-refractivity contribution in [1.29, 1.82) is 0 Å². The number of nitrogens with zero attached hydrogens (tertiary/aromatic N) is 5. The molecule has 0 aliphatic rings. The number of rotatable bonds is 2. The zero-order valence-corrected chi connectivity index (χ0v) is 13.2. The van der Waals surface area contributed by atoms with Crippen LogP contribution in [0.4, 0.5) is 11.6 Å². The minimum Gasteiger partial charge on any atom is -0.251 e. The molecule has 0 radical (unpaired) electrons. The summed E-state index contributed by atoms with van der Waals surface area (Å²) >= 11 is 0. The lowest BCUT2D eigenvalue weighted by Gasteiger charge is -2.14. The minimum absolute atomic E-state index is 0.402. The summed E-state index contributed by atoms with van der Waals surface area (Å²) < 4.78 is 1.69. The Kier molecular flexibility index (Phi) is 3.70. The van der Waals surface area contributed by atoms with Crippen LogP contribution in [0.2, 0.25) is 0 Å². The molecule has 5 nitrogen and oxygen atoms in total. The molecule has 1 heterocycles. The fraction of sp³-hybridized carbons (Fsp3) is 0.467. The normalized spacial score (nSPS) is 11.6. The lowest BCUT2D eigenvalue weighted by molar-refractivity contribution is 0.734. The van der Waals surface area contributed by atoms with Crippen LogP contribution in [0.25, 0.3) is 0 Å². The Morgan fingerprint density at radius 2 is 1.25 bits per heavy atom. The Bertz CT molecular complexity index is 646. The second-order valence-electron chi connectivity index (χ2n) is 5.26. The molecule has 2 aromatic rings. The highest BCUT2D eigenvalue weighted by molar-refractivity contribution is 5.61. The van der Waals surface area contributed by atoms with Gasteiger partial charge in [0.1, 0.15) is 5.82 Å². The third kappa shape index (κ3) is 2.35. The zero-order chi connectivity index (χ0) is 15.0. The molecule has 0 aliphatic heterocycles. The standard InChI is InChI=1S/C15H21N5/c1-8-9(2)11(4)14(12(5)10(8)3)17-18-15-16-13(6)20(7)19-15/h1-7H3. The highest BCUT2D eigenvalue weighted by Gasteiger charge is 2.12. The molecule has 0 aliphatic carbocycles. The molecule has 0 atom stereocenters. The summed E-state index contributed by atoms with van der Waals surface area (Å²) in [5.74, 6) is 1.23. The molecule has 0 bridgehead atoms. The van der Waals surface area contributed by atoms with Crippen LogP contribution in [-0.4, -0.2) is 14.8 Å². The highest BCUT2D eigenvalue weighted by atomic mass is 15.4. The van der Waals surface area contributed by atoms with E-state index in [1.165, 1.54) is 27.8 Å². The summed E-state index contributed by atoms with van der Waals surface area (Å²) in [4.78, 5) is 4.24. The molecule has 20 heavy (non-hydrogen) atoms. The predicted molar refractivity (Wildman–Crippen MR) is 80.0 cm³/mol. The monoisotopic (exact) mass is 271 g/mol. The molecule has 106 valence electrons. The van der Waals surface area contributed by atoms with Gasteiger partial charge in [-0.25, -0.2) is 0 Å². The van der Waals surface area contributed by atoms with Gasteiger partial charge >= 0.3 is 0 Å². The van der Waals surface area contributed by atoms with Crippen LogP contribution >= 0.6 is 0 Å². The van der Waals surface area contributed by atoms with E-state index in [9.17, 15) is 0 Å². The molecular formula is C15H21N5. The molecule has 0 N–H and O–H groups in total. The third-order valence-corrected chi connectivity index (χ3v) is 4.17. The quantitative estimate of drug-likeness (QED) is 0.773. The topological polar surface area (TPSA) is 55.4 Å². The largest absolute Gasteiger partial charge is 0.287 e. The van der Waals surface area contributed by atoms with Gasteiger partial charge in [0.15, 0.2) is 0 Å². The van der Waals surface area contributed by atoms with E-state index in [1.807, 2.05) is 14.0 Å². The van der Waals surface area contributed by atoms with Gasteiger partial charge in [-0.15, -0.1) is 15.3 Å². The molecule has 0 amide bonds. The van der Waals surface area contributed by atoms with E-state index in [2.05, 4.69) is 54.9 Å². The zero-order valence-electron chi connectivity index (χ0n) is 13.2. The van der Waals surface area contributed by atoms with Gasteiger partial charge in [0.05, 0.1) is 5.69 Å². The maximum absolute atomic E-state index is 4.38. The first kappa shape index (κ1) is 14.4. The van der Waals surface area contributed by atoms with Crippen LogP contribution < -0.4 is 0 Å². The summed E-state index contributed by atoms with van der Waals surface area (Å²) in [6.45, 7) is 12.5. The van der Waals surface area contributed by atoms with E-state index in [4.69, 9.17) is 0 Å². The van der Waals surface area contributed by atoms with Gasteiger partial charge < -0.3 is 0 Å². The van der Waals surface area contributed by atoms with Crippen molar-refractivity contribution in [1.82, 2.24) is 14.8 Å². The van der Waals surface area contributed by atoms with Gasteiger partial charge in [0.2, 0.25) is 0 Å². The fourth-order valence-corrected chi connectivity index (χ4v) is 2.21. The van der Waals surface area contributed by atoms with Crippen LogP contribution in [0.1, 0.15) is 33.6 Å². The van der Waals surface area contributed by atoms with Crippen molar-refractivity contribution in [3.05, 3.63) is 33.6 Å². The number of aryl methyl sites for hydroxylation is 2. The van der Waals surface area contributed by atoms with E-state index in [0.29, 0.717) is 5.95 Å². The Morgan fingerprint density at radius 1 is 0.750 bits per heavy atom. The number of aromatic nitrogens is 3. The number of azo groups is 1. The summed E-state index contributed by atoms with van der Waals surface area (Å²) in [5, 5.41) is 12.7. The average Bonchev–Trinajstić information content (AvgIpc) is 2.73. The average molecular weight is 271 g/mol. The SMILES string of the molecule is Cc1c(C)c(C)c(N=Nc2nc(C)n(C)n2)c(C)c1C. The second-order valence-corrected chi connectivity index (χ2v) is 5.26. The Hall–Kier alpha value is -2.04. The Labute approximate surface area is 119 Å². The van der Waals surface area contributed by atoms with Crippen LogP contribution in [0.3, 0.4) is 0 Å². The molecule has 0 spiro atoms. The maximum Gasteiger partial charge on any atom is 0.287 e. The second kappa shape index (κ2) is 5.15. The van der Waals surface area contributed by atoms with Crippen LogP contribution in [0.5, 0.6) is 0 Å². The van der Waals surface area contributed by atoms with Crippen LogP contribution in [-0.2, 0) is 7.05 Å². The Balaban J connectivity index is 2.49. The van der Waals surface area contributed by atoms with E-state index >= 15 is 0 Å². The van der Waals surface area contributed by atoms with Crippen molar-refractivity contribution in [2.45, 2.75) is 41.5 Å². The van der Waals surface area contributed by atoms with Crippen molar-refractivity contribution < 1.29 is 0 Å². The summed E-state index contributed by atoms with van der Waals surface area (Å²) in [7, 11) is 1.85. The van der Waals surface area contributed by atoms with E-state index in [1.54, 1.807) is 4.68 Å². The van der Waals surface area contributed by atoms with Gasteiger partial charge in [-0.3, -0.25) is 4.68 Å². The summed E-state index contributed by atoms with van der Waals surface area (Å²) in [5.41, 5.74) is 7.13. The van der Waals surface area contributed by atoms with Gasteiger partial charge in [-0.2, -0.15) is 4.98 Å².